The quantitative estimate of drug-likeness (QED) is 0.452. The summed E-state index contributed by atoms with van der Waals surface area (Å²) in [5.74, 6) is 0.685. The van der Waals surface area contributed by atoms with Crippen LogP contribution >= 0.6 is 23.1 Å². The molecule has 0 saturated carbocycles. The van der Waals surface area contributed by atoms with E-state index in [9.17, 15) is 13.2 Å². The Morgan fingerprint density at radius 1 is 1.32 bits per heavy atom. The molecule has 1 amide bonds. The number of ether oxygens (including phenoxy) is 1. The number of aromatic nitrogens is 4. The van der Waals surface area contributed by atoms with Crippen molar-refractivity contribution in [2.24, 2.45) is 0 Å². The fraction of sp³-hybridized carbons (Fsp3) is 0.368. The molecule has 0 aliphatic carbocycles. The highest BCUT2D eigenvalue weighted by Crippen LogP contribution is 2.27. The Hall–Kier alpha value is -2.44. The third-order valence-corrected chi connectivity index (χ3v) is 8.47. The maximum atomic E-state index is 13.1. The molecular formula is C19H21N5O4S3. The number of thiophene rings is 1. The summed E-state index contributed by atoms with van der Waals surface area (Å²) in [6, 6.07) is 10.9. The Bertz CT molecular complexity index is 1150. The van der Waals surface area contributed by atoms with Crippen molar-refractivity contribution in [1.29, 1.82) is 0 Å². The van der Waals surface area contributed by atoms with Gasteiger partial charge in [-0.3, -0.25) is 4.79 Å². The van der Waals surface area contributed by atoms with E-state index < -0.39 is 9.84 Å². The molecule has 3 aromatic rings. The van der Waals surface area contributed by atoms with Crippen molar-refractivity contribution < 1.29 is 17.9 Å². The van der Waals surface area contributed by atoms with Crippen molar-refractivity contribution in [3.05, 3.63) is 46.7 Å². The number of tetrazole rings is 1. The van der Waals surface area contributed by atoms with Gasteiger partial charge >= 0.3 is 0 Å². The average Bonchev–Trinajstić information content (AvgIpc) is 3.51. The highest BCUT2D eigenvalue weighted by Gasteiger charge is 2.35. The lowest BCUT2D eigenvalue weighted by atomic mass is 10.2. The minimum Gasteiger partial charge on any atom is -0.494 e. The monoisotopic (exact) mass is 479 g/mol. The van der Waals surface area contributed by atoms with Crippen LogP contribution in [0.3, 0.4) is 0 Å². The molecule has 12 heteroatoms. The third-order valence-electron chi connectivity index (χ3n) is 4.95. The normalized spacial score (nSPS) is 17.5. The van der Waals surface area contributed by atoms with Crippen molar-refractivity contribution in [2.45, 2.75) is 24.2 Å². The van der Waals surface area contributed by atoms with Gasteiger partial charge in [0.25, 0.3) is 0 Å². The van der Waals surface area contributed by atoms with Crippen LogP contribution in [0.1, 0.15) is 11.3 Å². The minimum absolute atomic E-state index is 0.00767. The van der Waals surface area contributed by atoms with E-state index in [2.05, 4.69) is 15.5 Å². The molecule has 2 aromatic heterocycles. The second kappa shape index (κ2) is 9.37. The fourth-order valence-electron chi connectivity index (χ4n) is 3.45. The number of carbonyl (C=O) groups is 1. The van der Waals surface area contributed by atoms with Gasteiger partial charge in [0, 0.05) is 10.9 Å². The molecule has 4 rings (SSSR count). The molecule has 1 aliphatic rings. The van der Waals surface area contributed by atoms with Crippen LogP contribution in [0.5, 0.6) is 5.75 Å². The molecule has 1 saturated heterocycles. The number of methoxy groups -OCH3 is 1. The highest BCUT2D eigenvalue weighted by molar-refractivity contribution is 7.99. The van der Waals surface area contributed by atoms with E-state index >= 15 is 0 Å². The van der Waals surface area contributed by atoms with Crippen molar-refractivity contribution >= 4 is 38.8 Å². The first-order valence-corrected chi connectivity index (χ1v) is 13.2. The van der Waals surface area contributed by atoms with Crippen molar-refractivity contribution in [3.63, 3.8) is 0 Å². The number of carbonyl (C=O) groups excluding carboxylic acids is 1. The maximum absolute atomic E-state index is 13.1. The molecule has 1 aromatic carbocycles. The van der Waals surface area contributed by atoms with E-state index in [0.29, 0.717) is 29.6 Å². The Balaban J connectivity index is 1.50. The summed E-state index contributed by atoms with van der Waals surface area (Å²) in [7, 11) is -1.54. The zero-order valence-electron chi connectivity index (χ0n) is 16.7. The standard InChI is InChI=1S/C19H21N5O4S3/c1-28-17-7-3-2-6-16(17)24-19(20-21-22-24)30-12-18(25)23(11-15-5-4-9-29-15)14-8-10-31(26,27)13-14/h2-7,9,14H,8,10-13H2,1H3. The number of rotatable bonds is 8. The lowest BCUT2D eigenvalue weighted by molar-refractivity contribution is -0.130. The molecule has 164 valence electrons. The van der Waals surface area contributed by atoms with Crippen LogP contribution in [0.2, 0.25) is 0 Å². The van der Waals surface area contributed by atoms with Gasteiger partial charge < -0.3 is 9.64 Å². The summed E-state index contributed by atoms with van der Waals surface area (Å²) in [4.78, 5) is 15.8. The lowest BCUT2D eigenvalue weighted by Gasteiger charge is -2.27. The zero-order valence-corrected chi connectivity index (χ0v) is 19.2. The predicted octanol–water partition coefficient (Wildman–Crippen LogP) is 2.04. The Kier molecular flexibility index (Phi) is 6.58. The SMILES string of the molecule is COc1ccccc1-n1nnnc1SCC(=O)N(Cc1cccs1)C1CCS(=O)(=O)C1. The van der Waals surface area contributed by atoms with E-state index in [-0.39, 0.29) is 29.2 Å². The first-order chi connectivity index (χ1) is 15.0. The van der Waals surface area contributed by atoms with Gasteiger partial charge in [-0.2, -0.15) is 4.68 Å². The number of hydrogen-bond acceptors (Lipinski definition) is 9. The largest absolute Gasteiger partial charge is 0.494 e. The summed E-state index contributed by atoms with van der Waals surface area (Å²) in [6.07, 6.45) is 0.461. The van der Waals surface area contributed by atoms with Gasteiger partial charge in [0.05, 0.1) is 30.9 Å². The molecule has 0 N–H and O–H groups in total. The smallest absolute Gasteiger partial charge is 0.233 e. The summed E-state index contributed by atoms with van der Waals surface area (Å²) in [5.41, 5.74) is 0.669. The van der Waals surface area contributed by atoms with Crippen LogP contribution in [-0.4, -0.2) is 69.8 Å². The topological polar surface area (TPSA) is 107 Å². The molecular weight excluding hydrogens is 458 g/mol. The van der Waals surface area contributed by atoms with Crippen LogP contribution in [0.15, 0.2) is 46.9 Å². The van der Waals surface area contributed by atoms with Crippen LogP contribution in [0, 0.1) is 0 Å². The van der Waals surface area contributed by atoms with Crippen LogP contribution in [0.25, 0.3) is 5.69 Å². The first kappa shape index (κ1) is 21.8. The first-order valence-electron chi connectivity index (χ1n) is 9.53. The summed E-state index contributed by atoms with van der Waals surface area (Å²) in [5, 5.41) is 14.2. The maximum Gasteiger partial charge on any atom is 0.233 e. The number of nitrogens with zero attached hydrogens (tertiary/aromatic N) is 5. The van der Waals surface area contributed by atoms with Crippen molar-refractivity contribution in [3.8, 4) is 11.4 Å². The van der Waals surface area contributed by atoms with E-state index in [1.807, 2.05) is 35.7 Å². The zero-order chi connectivity index (χ0) is 21.8. The molecule has 0 spiro atoms. The molecule has 1 aliphatic heterocycles. The van der Waals surface area contributed by atoms with Gasteiger partial charge in [0.15, 0.2) is 9.84 Å². The van der Waals surface area contributed by atoms with E-state index in [1.165, 1.54) is 16.4 Å². The highest BCUT2D eigenvalue weighted by atomic mass is 32.2. The average molecular weight is 480 g/mol. The Morgan fingerprint density at radius 2 is 2.16 bits per heavy atom. The van der Waals surface area contributed by atoms with Gasteiger partial charge in [0.1, 0.15) is 11.4 Å². The Morgan fingerprint density at radius 3 is 2.87 bits per heavy atom. The van der Waals surface area contributed by atoms with Crippen molar-refractivity contribution in [2.75, 3.05) is 24.4 Å². The number of amides is 1. The molecule has 1 unspecified atom stereocenters. The van der Waals surface area contributed by atoms with Gasteiger partial charge in [0.2, 0.25) is 11.1 Å². The number of thioether (sulfide) groups is 1. The minimum atomic E-state index is -3.11. The van der Waals surface area contributed by atoms with Gasteiger partial charge in [-0.1, -0.05) is 30.0 Å². The van der Waals surface area contributed by atoms with Crippen LogP contribution in [-0.2, 0) is 21.2 Å². The van der Waals surface area contributed by atoms with E-state index in [1.54, 1.807) is 29.4 Å². The molecule has 1 fully saturated rings. The summed E-state index contributed by atoms with van der Waals surface area (Å²) < 4.78 is 30.9. The molecule has 1 atom stereocenters. The molecule has 31 heavy (non-hydrogen) atoms. The number of hydrogen-bond donors (Lipinski definition) is 0. The van der Waals surface area contributed by atoms with Gasteiger partial charge in [-0.05, 0) is 40.4 Å². The number of para-hydroxylation sites is 2. The van der Waals surface area contributed by atoms with E-state index in [0.717, 1.165) is 4.88 Å². The Labute approximate surface area is 188 Å². The fourth-order valence-corrected chi connectivity index (χ4v) is 6.65. The third kappa shape index (κ3) is 5.08. The van der Waals surface area contributed by atoms with Crippen LogP contribution in [0.4, 0.5) is 0 Å². The molecule has 3 heterocycles. The number of benzene rings is 1. The summed E-state index contributed by atoms with van der Waals surface area (Å²) >= 11 is 2.76. The predicted molar refractivity (Wildman–Crippen MR) is 118 cm³/mol. The van der Waals surface area contributed by atoms with Crippen molar-refractivity contribution in [1.82, 2.24) is 25.1 Å². The lowest BCUT2D eigenvalue weighted by Crippen LogP contribution is -2.41. The molecule has 9 nitrogen and oxygen atoms in total. The summed E-state index contributed by atoms with van der Waals surface area (Å²) in [6.45, 7) is 0.398. The van der Waals surface area contributed by atoms with Gasteiger partial charge in [-0.15, -0.1) is 16.4 Å². The van der Waals surface area contributed by atoms with E-state index in [4.69, 9.17) is 4.74 Å². The van der Waals surface area contributed by atoms with Crippen LogP contribution < -0.4 is 4.74 Å². The second-order valence-corrected chi connectivity index (χ2v) is 11.2. The van der Waals surface area contributed by atoms with Gasteiger partial charge in [-0.25, -0.2) is 8.42 Å². The second-order valence-electron chi connectivity index (χ2n) is 6.99. The molecule has 0 radical (unpaired) electrons. The molecule has 0 bridgehead atoms. The number of sulfone groups is 1.